The largest absolute Gasteiger partial charge is 0.367 e. The van der Waals surface area contributed by atoms with Crippen molar-refractivity contribution < 1.29 is 8.42 Å². The van der Waals surface area contributed by atoms with Crippen LogP contribution < -0.4 is 10.0 Å². The number of hydrogen-bond donors (Lipinski definition) is 2. The molecule has 3 rings (SSSR count). The monoisotopic (exact) mass is 379 g/mol. The van der Waals surface area contributed by atoms with E-state index in [-0.39, 0.29) is 9.92 Å². The highest BCUT2D eigenvalue weighted by molar-refractivity contribution is 7.92. The van der Waals surface area contributed by atoms with E-state index in [4.69, 9.17) is 11.6 Å². The van der Waals surface area contributed by atoms with Gasteiger partial charge < -0.3 is 5.32 Å². The molecule has 1 fully saturated rings. The molecule has 0 aliphatic heterocycles. The van der Waals surface area contributed by atoms with Gasteiger partial charge in [0.25, 0.3) is 10.0 Å². The number of hydrogen-bond acceptors (Lipinski definition) is 4. The second-order valence-corrected chi connectivity index (χ2v) is 8.36. The molecule has 1 saturated carbocycles. The van der Waals surface area contributed by atoms with Crippen LogP contribution in [0.25, 0.3) is 0 Å². The molecular weight excluding hydrogens is 358 g/mol. The SMILES string of the molecule is O=S(=O)(Nc1ccc(NC2CCCCCC2)nc1)c1ccccc1Cl. The van der Waals surface area contributed by atoms with E-state index in [1.165, 1.54) is 37.9 Å². The Hall–Kier alpha value is -1.79. The molecule has 0 radical (unpaired) electrons. The summed E-state index contributed by atoms with van der Waals surface area (Å²) in [5, 5.41) is 3.63. The summed E-state index contributed by atoms with van der Waals surface area (Å²) < 4.78 is 27.4. The third kappa shape index (κ3) is 4.86. The van der Waals surface area contributed by atoms with E-state index in [1.807, 2.05) is 0 Å². The third-order valence-corrected chi connectivity index (χ3v) is 6.23. The van der Waals surface area contributed by atoms with Crippen molar-refractivity contribution in [3.63, 3.8) is 0 Å². The van der Waals surface area contributed by atoms with E-state index in [0.717, 1.165) is 18.7 Å². The Morgan fingerprint density at radius 3 is 2.36 bits per heavy atom. The minimum absolute atomic E-state index is 0.0531. The summed E-state index contributed by atoms with van der Waals surface area (Å²) in [5.74, 6) is 0.771. The van der Waals surface area contributed by atoms with Crippen LogP contribution in [0, 0.1) is 0 Å². The van der Waals surface area contributed by atoms with Gasteiger partial charge in [-0.1, -0.05) is 49.4 Å². The van der Waals surface area contributed by atoms with Crippen molar-refractivity contribution in [2.75, 3.05) is 10.0 Å². The second-order valence-electron chi connectivity index (χ2n) is 6.30. The second kappa shape index (κ2) is 8.06. The molecule has 5 nitrogen and oxygen atoms in total. The molecule has 0 spiro atoms. The van der Waals surface area contributed by atoms with E-state index >= 15 is 0 Å². The van der Waals surface area contributed by atoms with Gasteiger partial charge in [0.1, 0.15) is 10.7 Å². The molecule has 134 valence electrons. The van der Waals surface area contributed by atoms with Crippen LogP contribution in [0.1, 0.15) is 38.5 Å². The third-order valence-electron chi connectivity index (χ3n) is 4.35. The van der Waals surface area contributed by atoms with Gasteiger partial charge in [0.05, 0.1) is 16.9 Å². The molecule has 7 heteroatoms. The number of aromatic nitrogens is 1. The highest BCUT2D eigenvalue weighted by Crippen LogP contribution is 2.24. The predicted molar refractivity (Wildman–Crippen MR) is 102 cm³/mol. The van der Waals surface area contributed by atoms with Crippen LogP contribution in [0.15, 0.2) is 47.5 Å². The quantitative estimate of drug-likeness (QED) is 0.740. The van der Waals surface area contributed by atoms with Crippen LogP contribution >= 0.6 is 11.6 Å². The van der Waals surface area contributed by atoms with Gasteiger partial charge in [-0.2, -0.15) is 0 Å². The van der Waals surface area contributed by atoms with Gasteiger partial charge in [-0.15, -0.1) is 0 Å². The van der Waals surface area contributed by atoms with Crippen molar-refractivity contribution >= 4 is 33.1 Å². The number of nitrogens with zero attached hydrogens (tertiary/aromatic N) is 1. The maximum atomic E-state index is 12.4. The molecule has 2 N–H and O–H groups in total. The van der Waals surface area contributed by atoms with Gasteiger partial charge in [-0.05, 0) is 37.1 Å². The van der Waals surface area contributed by atoms with Gasteiger partial charge in [-0.3, -0.25) is 4.72 Å². The maximum absolute atomic E-state index is 12.4. The Morgan fingerprint density at radius 2 is 1.72 bits per heavy atom. The van der Waals surface area contributed by atoms with Gasteiger partial charge in [0.2, 0.25) is 0 Å². The van der Waals surface area contributed by atoms with Crippen molar-refractivity contribution in [1.82, 2.24) is 4.98 Å². The summed E-state index contributed by atoms with van der Waals surface area (Å²) in [5.41, 5.74) is 0.409. The summed E-state index contributed by atoms with van der Waals surface area (Å²) in [7, 11) is -3.73. The maximum Gasteiger partial charge on any atom is 0.263 e. The van der Waals surface area contributed by atoms with Crippen molar-refractivity contribution in [3.8, 4) is 0 Å². The molecule has 1 heterocycles. The Labute approximate surface area is 153 Å². The molecule has 1 aromatic carbocycles. The first kappa shape index (κ1) is 18.0. The Bertz CT molecular complexity index is 801. The fourth-order valence-corrected chi connectivity index (χ4v) is 4.61. The first-order valence-corrected chi connectivity index (χ1v) is 10.4. The fourth-order valence-electron chi connectivity index (χ4n) is 3.05. The van der Waals surface area contributed by atoms with E-state index in [0.29, 0.717) is 11.7 Å². The zero-order valence-electron chi connectivity index (χ0n) is 13.9. The van der Waals surface area contributed by atoms with Crippen LogP contribution in [-0.4, -0.2) is 19.4 Å². The lowest BCUT2D eigenvalue weighted by Gasteiger charge is -2.17. The van der Waals surface area contributed by atoms with Crippen LogP contribution in [0.2, 0.25) is 5.02 Å². The van der Waals surface area contributed by atoms with Crippen LogP contribution in [0.4, 0.5) is 11.5 Å². The number of pyridine rings is 1. The van der Waals surface area contributed by atoms with Crippen molar-refractivity contribution in [1.29, 1.82) is 0 Å². The van der Waals surface area contributed by atoms with Crippen molar-refractivity contribution in [2.45, 2.75) is 49.5 Å². The Morgan fingerprint density at radius 1 is 1.00 bits per heavy atom. The van der Waals surface area contributed by atoms with Crippen molar-refractivity contribution in [3.05, 3.63) is 47.6 Å². The van der Waals surface area contributed by atoms with E-state index in [1.54, 1.807) is 30.3 Å². The normalized spacial score (nSPS) is 16.2. The summed E-state index contributed by atoms with van der Waals surface area (Å²) >= 11 is 5.98. The number of benzene rings is 1. The van der Waals surface area contributed by atoms with Crippen LogP contribution in [-0.2, 0) is 10.0 Å². The molecule has 0 atom stereocenters. The summed E-state index contributed by atoms with van der Waals surface area (Å²) in [6.45, 7) is 0. The highest BCUT2D eigenvalue weighted by Gasteiger charge is 2.18. The highest BCUT2D eigenvalue weighted by atomic mass is 35.5. The average molecular weight is 380 g/mol. The summed E-state index contributed by atoms with van der Waals surface area (Å²) in [6, 6.07) is 10.3. The molecule has 2 aromatic rings. The van der Waals surface area contributed by atoms with Crippen LogP contribution in [0.5, 0.6) is 0 Å². The van der Waals surface area contributed by atoms with E-state index < -0.39 is 10.0 Å². The van der Waals surface area contributed by atoms with Gasteiger partial charge in [0.15, 0.2) is 0 Å². The van der Waals surface area contributed by atoms with Gasteiger partial charge >= 0.3 is 0 Å². The summed E-state index contributed by atoms with van der Waals surface area (Å²) in [4.78, 5) is 4.39. The van der Waals surface area contributed by atoms with Crippen molar-refractivity contribution in [2.24, 2.45) is 0 Å². The standard InChI is InChI=1S/C18H22ClN3O2S/c19-16-9-5-6-10-17(16)25(23,24)22-15-11-12-18(20-13-15)21-14-7-3-1-2-4-8-14/h5-6,9-14,22H,1-4,7-8H2,(H,20,21). The van der Waals surface area contributed by atoms with Gasteiger partial charge in [-0.25, -0.2) is 13.4 Å². The molecule has 0 bridgehead atoms. The van der Waals surface area contributed by atoms with E-state index in [9.17, 15) is 8.42 Å². The first-order valence-electron chi connectivity index (χ1n) is 8.54. The first-order chi connectivity index (χ1) is 12.0. The molecule has 1 aliphatic carbocycles. The zero-order chi connectivity index (χ0) is 17.7. The van der Waals surface area contributed by atoms with E-state index in [2.05, 4.69) is 15.0 Å². The smallest absolute Gasteiger partial charge is 0.263 e. The molecule has 0 unspecified atom stereocenters. The number of anilines is 2. The minimum atomic E-state index is -3.73. The molecule has 25 heavy (non-hydrogen) atoms. The Kier molecular flexibility index (Phi) is 5.81. The lowest BCUT2D eigenvalue weighted by atomic mass is 10.1. The number of nitrogens with one attached hydrogen (secondary N) is 2. The van der Waals surface area contributed by atoms with Crippen LogP contribution in [0.3, 0.4) is 0 Å². The fraction of sp³-hybridized carbons (Fsp3) is 0.389. The molecule has 1 aliphatic rings. The number of halogens is 1. The molecule has 0 saturated heterocycles. The topological polar surface area (TPSA) is 71.1 Å². The van der Waals surface area contributed by atoms with Gasteiger partial charge in [0, 0.05) is 6.04 Å². The number of rotatable bonds is 5. The molecular formula is C18H22ClN3O2S. The predicted octanol–water partition coefficient (Wildman–Crippen LogP) is 4.67. The minimum Gasteiger partial charge on any atom is -0.367 e. The molecule has 0 amide bonds. The number of sulfonamides is 1. The average Bonchev–Trinajstić information content (AvgIpc) is 2.85. The summed E-state index contributed by atoms with van der Waals surface area (Å²) in [6.07, 6.45) is 8.92. The lowest BCUT2D eigenvalue weighted by molar-refractivity contribution is 0.601. The zero-order valence-corrected chi connectivity index (χ0v) is 15.5. The molecule has 1 aromatic heterocycles. The Balaban J connectivity index is 1.67. The lowest BCUT2D eigenvalue weighted by Crippen LogP contribution is -2.19.